The number of piperidine rings is 1. The summed E-state index contributed by atoms with van der Waals surface area (Å²) in [5, 5.41) is 3.57. The van der Waals surface area contributed by atoms with Crippen LogP contribution in [0.3, 0.4) is 0 Å². The highest BCUT2D eigenvalue weighted by Gasteiger charge is 2.12. The Labute approximate surface area is 104 Å². The van der Waals surface area contributed by atoms with Crippen molar-refractivity contribution in [1.29, 1.82) is 0 Å². The summed E-state index contributed by atoms with van der Waals surface area (Å²) in [6, 6.07) is 9.15. The predicted octanol–water partition coefficient (Wildman–Crippen LogP) is 3.68. The molecule has 3 heteroatoms. The fourth-order valence-electron chi connectivity index (χ4n) is 1.82. The molecule has 1 N–H and O–H groups in total. The largest absolute Gasteiger partial charge is 0.313 e. The SMILES string of the molecule is Brc1ccccc1SCC1CCCCN1. The summed E-state index contributed by atoms with van der Waals surface area (Å²) in [5.74, 6) is 1.18. The zero-order valence-electron chi connectivity index (χ0n) is 8.71. The Kier molecular flexibility index (Phi) is 4.54. The minimum Gasteiger partial charge on any atom is -0.313 e. The maximum absolute atomic E-state index is 3.58. The highest BCUT2D eigenvalue weighted by Crippen LogP contribution is 2.28. The van der Waals surface area contributed by atoms with E-state index in [1.165, 1.54) is 40.9 Å². The Hall–Kier alpha value is 0.01000. The molecule has 1 saturated heterocycles. The van der Waals surface area contributed by atoms with Gasteiger partial charge in [0.1, 0.15) is 0 Å². The van der Waals surface area contributed by atoms with Crippen molar-refractivity contribution >= 4 is 27.7 Å². The van der Waals surface area contributed by atoms with Gasteiger partial charge in [0, 0.05) is 21.2 Å². The molecule has 0 amide bonds. The molecule has 1 nitrogen and oxygen atoms in total. The van der Waals surface area contributed by atoms with Gasteiger partial charge >= 0.3 is 0 Å². The molecule has 1 aromatic rings. The Bertz CT molecular complexity index is 310. The molecule has 0 radical (unpaired) electrons. The molecule has 1 aliphatic heterocycles. The van der Waals surface area contributed by atoms with Crippen molar-refractivity contribution in [2.45, 2.75) is 30.2 Å². The average Bonchev–Trinajstić information content (AvgIpc) is 2.29. The van der Waals surface area contributed by atoms with Crippen LogP contribution in [0.25, 0.3) is 0 Å². The number of benzene rings is 1. The standard InChI is InChI=1S/C12H16BrNS/c13-11-6-1-2-7-12(11)15-9-10-5-3-4-8-14-10/h1-2,6-7,10,14H,3-5,8-9H2. The Morgan fingerprint density at radius 2 is 2.20 bits per heavy atom. The molecule has 1 heterocycles. The lowest BCUT2D eigenvalue weighted by Crippen LogP contribution is -2.35. The lowest BCUT2D eigenvalue weighted by Gasteiger charge is -2.23. The van der Waals surface area contributed by atoms with E-state index in [2.05, 4.69) is 45.5 Å². The number of hydrogen-bond acceptors (Lipinski definition) is 2. The van der Waals surface area contributed by atoms with Crippen LogP contribution in [0.2, 0.25) is 0 Å². The molecule has 0 bridgehead atoms. The smallest absolute Gasteiger partial charge is 0.0311 e. The van der Waals surface area contributed by atoms with E-state index in [1.54, 1.807) is 0 Å². The summed E-state index contributed by atoms with van der Waals surface area (Å²) < 4.78 is 1.21. The zero-order valence-corrected chi connectivity index (χ0v) is 11.1. The number of nitrogens with one attached hydrogen (secondary N) is 1. The number of hydrogen-bond donors (Lipinski definition) is 1. The summed E-state index contributed by atoms with van der Waals surface area (Å²) >= 11 is 5.52. The Morgan fingerprint density at radius 3 is 2.93 bits per heavy atom. The highest BCUT2D eigenvalue weighted by molar-refractivity contribution is 9.10. The van der Waals surface area contributed by atoms with E-state index in [-0.39, 0.29) is 0 Å². The van der Waals surface area contributed by atoms with Gasteiger partial charge in [0.25, 0.3) is 0 Å². The highest BCUT2D eigenvalue weighted by atomic mass is 79.9. The van der Waals surface area contributed by atoms with E-state index < -0.39 is 0 Å². The summed E-state index contributed by atoms with van der Waals surface area (Å²) in [6.07, 6.45) is 4.06. The van der Waals surface area contributed by atoms with Crippen LogP contribution in [0.1, 0.15) is 19.3 Å². The van der Waals surface area contributed by atoms with Crippen LogP contribution in [0.4, 0.5) is 0 Å². The van der Waals surface area contributed by atoms with Crippen molar-refractivity contribution in [3.8, 4) is 0 Å². The van der Waals surface area contributed by atoms with E-state index >= 15 is 0 Å². The second kappa shape index (κ2) is 5.92. The van der Waals surface area contributed by atoms with Crippen LogP contribution in [0.5, 0.6) is 0 Å². The molecule has 15 heavy (non-hydrogen) atoms. The van der Waals surface area contributed by atoms with Crippen molar-refractivity contribution < 1.29 is 0 Å². The van der Waals surface area contributed by atoms with Crippen LogP contribution >= 0.6 is 27.7 Å². The van der Waals surface area contributed by atoms with Crippen LogP contribution < -0.4 is 5.32 Å². The van der Waals surface area contributed by atoms with Crippen molar-refractivity contribution in [2.75, 3.05) is 12.3 Å². The average molecular weight is 286 g/mol. The molecule has 2 rings (SSSR count). The summed E-state index contributed by atoms with van der Waals surface area (Å²) in [6.45, 7) is 1.20. The number of halogens is 1. The first-order chi connectivity index (χ1) is 7.36. The van der Waals surface area contributed by atoms with Gasteiger partial charge in [-0.15, -0.1) is 11.8 Å². The zero-order chi connectivity index (χ0) is 10.5. The quantitative estimate of drug-likeness (QED) is 0.851. The third-order valence-electron chi connectivity index (χ3n) is 2.69. The van der Waals surface area contributed by atoms with Crippen molar-refractivity contribution in [3.63, 3.8) is 0 Å². The van der Waals surface area contributed by atoms with Crippen LogP contribution in [0.15, 0.2) is 33.6 Å². The van der Waals surface area contributed by atoms with Crippen molar-refractivity contribution in [1.82, 2.24) is 5.32 Å². The first-order valence-electron chi connectivity index (χ1n) is 5.47. The normalized spacial score (nSPS) is 21.5. The van der Waals surface area contributed by atoms with E-state index in [0.29, 0.717) is 6.04 Å². The van der Waals surface area contributed by atoms with Crippen molar-refractivity contribution in [3.05, 3.63) is 28.7 Å². The lowest BCUT2D eigenvalue weighted by molar-refractivity contribution is 0.430. The third kappa shape index (κ3) is 3.51. The molecule has 1 aromatic carbocycles. The van der Waals surface area contributed by atoms with Crippen LogP contribution in [-0.4, -0.2) is 18.3 Å². The fraction of sp³-hybridized carbons (Fsp3) is 0.500. The molecule has 0 saturated carbocycles. The second-order valence-electron chi connectivity index (χ2n) is 3.89. The van der Waals surface area contributed by atoms with Gasteiger partial charge in [-0.05, 0) is 47.4 Å². The minimum absolute atomic E-state index is 0.704. The first-order valence-corrected chi connectivity index (χ1v) is 7.25. The summed E-state index contributed by atoms with van der Waals surface area (Å²) in [5.41, 5.74) is 0. The minimum atomic E-state index is 0.704. The van der Waals surface area contributed by atoms with E-state index in [1.807, 2.05) is 11.8 Å². The van der Waals surface area contributed by atoms with Crippen LogP contribution in [-0.2, 0) is 0 Å². The maximum atomic E-state index is 3.58. The molecule has 0 spiro atoms. The molecule has 1 aliphatic rings. The number of thioether (sulfide) groups is 1. The molecular formula is C12H16BrNS. The molecule has 1 fully saturated rings. The summed E-state index contributed by atoms with van der Waals surface area (Å²) in [4.78, 5) is 1.35. The van der Waals surface area contributed by atoms with E-state index in [4.69, 9.17) is 0 Å². The van der Waals surface area contributed by atoms with E-state index in [0.717, 1.165) is 0 Å². The number of rotatable bonds is 3. The second-order valence-corrected chi connectivity index (χ2v) is 5.80. The topological polar surface area (TPSA) is 12.0 Å². The molecule has 0 aromatic heterocycles. The van der Waals surface area contributed by atoms with Gasteiger partial charge in [-0.1, -0.05) is 18.6 Å². The molecule has 0 aliphatic carbocycles. The van der Waals surface area contributed by atoms with E-state index in [9.17, 15) is 0 Å². The maximum Gasteiger partial charge on any atom is 0.0311 e. The summed E-state index contributed by atoms with van der Waals surface area (Å²) in [7, 11) is 0. The molecule has 82 valence electrons. The van der Waals surface area contributed by atoms with Gasteiger partial charge in [0.05, 0.1) is 0 Å². The monoisotopic (exact) mass is 285 g/mol. The van der Waals surface area contributed by atoms with Gasteiger partial charge in [0.2, 0.25) is 0 Å². The van der Waals surface area contributed by atoms with Crippen molar-refractivity contribution in [2.24, 2.45) is 0 Å². The molecule has 1 unspecified atom stereocenters. The Balaban J connectivity index is 1.84. The lowest BCUT2D eigenvalue weighted by atomic mass is 10.1. The van der Waals surface area contributed by atoms with Gasteiger partial charge in [-0.25, -0.2) is 0 Å². The van der Waals surface area contributed by atoms with Gasteiger partial charge in [-0.2, -0.15) is 0 Å². The van der Waals surface area contributed by atoms with Gasteiger partial charge < -0.3 is 5.32 Å². The van der Waals surface area contributed by atoms with Gasteiger partial charge in [-0.3, -0.25) is 0 Å². The predicted molar refractivity (Wildman–Crippen MR) is 70.5 cm³/mol. The molecular weight excluding hydrogens is 270 g/mol. The third-order valence-corrected chi connectivity index (χ3v) is 4.88. The first kappa shape index (κ1) is 11.5. The van der Waals surface area contributed by atoms with Crippen LogP contribution in [0, 0.1) is 0 Å². The fourth-order valence-corrected chi connectivity index (χ4v) is 3.49. The Morgan fingerprint density at radius 1 is 1.33 bits per heavy atom. The van der Waals surface area contributed by atoms with Gasteiger partial charge in [0.15, 0.2) is 0 Å². The molecule has 1 atom stereocenters.